The summed E-state index contributed by atoms with van der Waals surface area (Å²) in [6, 6.07) is 5.75. The number of aromatic nitrogens is 7. The molecule has 0 radical (unpaired) electrons. The molecule has 2 fully saturated rings. The molecule has 0 bridgehead atoms. The average molecular weight is 688 g/mol. The van der Waals surface area contributed by atoms with Gasteiger partial charge in [0.25, 0.3) is 0 Å². The Morgan fingerprint density at radius 3 is 2.24 bits per heavy atom. The molecular weight excluding hydrogens is 650 g/mol. The summed E-state index contributed by atoms with van der Waals surface area (Å²) in [5, 5.41) is 20.6. The molecule has 1 aliphatic heterocycles. The summed E-state index contributed by atoms with van der Waals surface area (Å²) in [6.45, 7) is 2.44. The van der Waals surface area contributed by atoms with Crippen molar-refractivity contribution < 1.29 is 18.3 Å². The molecule has 6 rings (SSSR count). The number of amides is 1. The molecule has 0 atom stereocenters. The van der Waals surface area contributed by atoms with E-state index in [2.05, 4.69) is 101 Å². The molecule has 1 saturated carbocycles. The Bertz CT molecular complexity index is 1880. The molecule has 4 heterocycles. The van der Waals surface area contributed by atoms with Gasteiger partial charge in [-0.3, -0.25) is 14.3 Å². The summed E-state index contributed by atoms with van der Waals surface area (Å²) in [7, 11) is 21.0. The Kier molecular flexibility index (Phi) is 9.50. The predicted molar refractivity (Wildman–Crippen MR) is 215 cm³/mol. The molecule has 50 heavy (non-hydrogen) atoms. The van der Waals surface area contributed by atoms with Gasteiger partial charge in [-0.2, -0.15) is 0 Å². The van der Waals surface area contributed by atoms with Gasteiger partial charge in [0, 0.05) is 44.0 Å². The minimum atomic E-state index is -0.777. The summed E-state index contributed by atoms with van der Waals surface area (Å²) in [4.78, 5) is 18.7. The molecule has 1 amide bonds. The van der Waals surface area contributed by atoms with Gasteiger partial charge >= 0.3 is 0 Å². The van der Waals surface area contributed by atoms with Gasteiger partial charge in [-0.05, 0) is 22.8 Å². The van der Waals surface area contributed by atoms with E-state index in [9.17, 15) is 4.79 Å². The quantitative estimate of drug-likeness (QED) is 0.172. The first-order valence-corrected chi connectivity index (χ1v) is 17.8. The summed E-state index contributed by atoms with van der Waals surface area (Å²) >= 11 is 1.69. The van der Waals surface area contributed by atoms with E-state index >= 15 is 8.78 Å². The number of piperazine rings is 1. The lowest BCUT2D eigenvalue weighted by Gasteiger charge is -2.50. The van der Waals surface area contributed by atoms with Gasteiger partial charge in [0.1, 0.15) is 32.5 Å². The zero-order valence-corrected chi connectivity index (χ0v) is 31.2. The topological polar surface area (TPSA) is 116 Å². The van der Waals surface area contributed by atoms with Crippen molar-refractivity contribution in [3.05, 3.63) is 60.3 Å². The van der Waals surface area contributed by atoms with Gasteiger partial charge in [0.05, 0.1) is 80.9 Å². The smallest absolute Gasteiger partial charge is 0.244 e. The highest BCUT2D eigenvalue weighted by atomic mass is 32.2. The Balaban J connectivity index is 1.25. The summed E-state index contributed by atoms with van der Waals surface area (Å²) in [5.74, 6) is -1.50. The fourth-order valence-corrected chi connectivity index (χ4v) is 9.58. The van der Waals surface area contributed by atoms with E-state index in [1.165, 1.54) is 10.9 Å². The van der Waals surface area contributed by atoms with E-state index in [1.54, 1.807) is 29.1 Å². The number of ether oxygens (including phenoxy) is 1. The number of hydrogen-bond acceptors (Lipinski definition) is 9. The molecule has 1 N–H and O–H groups in total. The third-order valence-electron chi connectivity index (χ3n) is 12.9. The van der Waals surface area contributed by atoms with Crippen molar-refractivity contribution >= 4 is 88.3 Å². The highest BCUT2D eigenvalue weighted by molar-refractivity contribution is 8.02. The van der Waals surface area contributed by atoms with Crippen LogP contribution in [0.5, 0.6) is 5.75 Å². The first-order valence-electron chi connectivity index (χ1n) is 17.0. The zero-order chi connectivity index (χ0) is 36.3. The molecule has 2 aliphatic rings. The second kappa shape index (κ2) is 13.0. The van der Waals surface area contributed by atoms with Crippen LogP contribution in [0.1, 0.15) is 5.82 Å². The lowest BCUT2D eigenvalue weighted by atomic mass is 9.17. The Morgan fingerprint density at radius 2 is 1.60 bits per heavy atom. The van der Waals surface area contributed by atoms with Crippen LogP contribution >= 0.6 is 11.8 Å². The summed E-state index contributed by atoms with van der Waals surface area (Å²) < 4.78 is 39.7. The first kappa shape index (κ1) is 36.5. The van der Waals surface area contributed by atoms with Gasteiger partial charge in [-0.15, -0.1) is 25.7 Å². The highest BCUT2D eigenvalue weighted by Gasteiger charge is 2.71. The number of hydrogen-bond donors (Lipinski definition) is 1. The maximum atomic E-state index is 15.5. The second-order valence-corrected chi connectivity index (χ2v) is 16.9. The zero-order valence-electron chi connectivity index (χ0n) is 30.3. The van der Waals surface area contributed by atoms with Crippen LogP contribution in [0, 0.1) is 11.6 Å². The minimum absolute atomic E-state index is 0.0271. The van der Waals surface area contributed by atoms with Crippen LogP contribution in [0.15, 0.2) is 48.0 Å². The van der Waals surface area contributed by atoms with Crippen molar-refractivity contribution in [1.29, 1.82) is 0 Å². The van der Waals surface area contributed by atoms with Gasteiger partial charge < -0.3 is 15.0 Å². The maximum absolute atomic E-state index is 15.5. The number of halogens is 2. The molecule has 1 aromatic carbocycles. The molecule has 1 saturated heterocycles. The molecule has 1 aliphatic carbocycles. The number of carbonyl (C=O) groups excluding carboxylic acids is 1. The lowest BCUT2D eigenvalue weighted by molar-refractivity contribution is -0.132. The van der Waals surface area contributed by atoms with Crippen molar-refractivity contribution in [1.82, 2.24) is 45.0 Å². The molecule has 0 unspecified atom stereocenters. The third-order valence-corrected chi connectivity index (χ3v) is 14.8. The average Bonchev–Trinajstić information content (AvgIpc) is 3.72. The van der Waals surface area contributed by atoms with E-state index in [4.69, 9.17) is 4.74 Å². The number of rotatable bonds is 9. The SMILES string of the molecule is BC1(B)C(B)(B)C(B)(B)C(B)(Sc2nnc(COc3cc(F)c(-c4cn(CC(=O)N5CCNCC5)nn4)cc3F)n2-c2cccnc2)C1(B)B. The molecule has 3 aromatic heterocycles. The minimum Gasteiger partial charge on any atom is -0.482 e. The van der Waals surface area contributed by atoms with Gasteiger partial charge in [0.15, 0.2) is 22.5 Å². The Labute approximate surface area is 303 Å². The van der Waals surface area contributed by atoms with Crippen molar-refractivity contribution in [2.45, 2.75) is 43.8 Å². The number of benzene rings is 1. The van der Waals surface area contributed by atoms with Crippen LogP contribution in [0.2, 0.25) is 20.9 Å². The molecule has 23 heteroatoms. The fraction of sp³-hybridized carbons (Fsp3) is 0.407. The van der Waals surface area contributed by atoms with Crippen LogP contribution in [0.4, 0.5) is 8.78 Å². The van der Waals surface area contributed by atoms with Gasteiger partial charge in [-0.1, -0.05) is 27.4 Å². The van der Waals surface area contributed by atoms with E-state index in [1.807, 2.05) is 16.7 Å². The monoisotopic (exact) mass is 689 g/mol. The van der Waals surface area contributed by atoms with Gasteiger partial charge in [-0.25, -0.2) is 13.5 Å². The Morgan fingerprint density at radius 1 is 0.920 bits per heavy atom. The van der Waals surface area contributed by atoms with Crippen molar-refractivity contribution in [3.8, 4) is 22.7 Å². The second-order valence-electron chi connectivity index (χ2n) is 15.6. The van der Waals surface area contributed by atoms with Crippen LogP contribution < -0.4 is 10.1 Å². The number of pyridine rings is 1. The first-order chi connectivity index (χ1) is 23.4. The normalized spacial score (nSPS) is 20.0. The number of nitrogens with zero attached hydrogens (tertiary/aromatic N) is 8. The van der Waals surface area contributed by atoms with Crippen molar-refractivity contribution in [2.24, 2.45) is 0 Å². The number of carbonyl (C=O) groups is 1. The van der Waals surface area contributed by atoms with Crippen LogP contribution in [-0.2, 0) is 17.9 Å². The van der Waals surface area contributed by atoms with Crippen LogP contribution in [-0.4, -0.2) is 147 Å². The van der Waals surface area contributed by atoms with E-state index in [0.717, 1.165) is 30.9 Å². The standard InChI is InChI=1S/C27H38B9F2N9O2S/c28-23(29)24(30,31)26(34,35)27(36,25(23,32)33)50-22-43-42-20(47(22)14-2-1-3-40-10-14)13-49-19-9-16(37)15(8-17(19)38)18-11-46(44-41-18)12-21(48)45-6-4-39-5-7-45/h1-3,8-11,39H,4-7,12-13,28-36H2. The molecule has 4 aromatic rings. The number of nitrogens with one attached hydrogen (secondary N) is 1. The largest absolute Gasteiger partial charge is 0.482 e. The predicted octanol–water partition coefficient (Wildman–Crippen LogP) is -5.83. The van der Waals surface area contributed by atoms with E-state index in [-0.39, 0.29) is 61.6 Å². The Hall–Kier alpha value is -3.33. The maximum Gasteiger partial charge on any atom is 0.244 e. The van der Waals surface area contributed by atoms with Crippen LogP contribution in [0.3, 0.4) is 0 Å². The molecule has 0 spiro atoms. The lowest BCUT2D eigenvalue weighted by Crippen LogP contribution is -2.49. The summed E-state index contributed by atoms with van der Waals surface area (Å²) in [6.07, 6.45) is 4.84. The van der Waals surface area contributed by atoms with E-state index in [0.29, 0.717) is 24.1 Å². The third kappa shape index (κ3) is 5.76. The van der Waals surface area contributed by atoms with Crippen LogP contribution in [0.25, 0.3) is 16.9 Å². The van der Waals surface area contributed by atoms with E-state index < -0.39 is 11.6 Å². The van der Waals surface area contributed by atoms with Crippen molar-refractivity contribution in [3.63, 3.8) is 0 Å². The number of thioether (sulfide) groups is 1. The molecule has 250 valence electrons. The molecular formula is C27H38B9F2N9O2S. The fourth-order valence-electron chi connectivity index (χ4n) is 7.81. The van der Waals surface area contributed by atoms with Gasteiger partial charge in [0.2, 0.25) is 5.91 Å². The highest BCUT2D eigenvalue weighted by Crippen LogP contribution is 2.82. The van der Waals surface area contributed by atoms with Crippen molar-refractivity contribution in [2.75, 3.05) is 26.2 Å². The molecule has 11 nitrogen and oxygen atoms in total. The summed E-state index contributed by atoms with van der Waals surface area (Å²) in [5.41, 5.74) is 0.750.